The van der Waals surface area contributed by atoms with E-state index in [4.69, 9.17) is 0 Å². The second-order valence-electron chi connectivity index (χ2n) is 4.70. The minimum Gasteiger partial charge on any atom is -0.316 e. The molecule has 0 atom stereocenters. The third kappa shape index (κ3) is 3.09. The van der Waals surface area contributed by atoms with Gasteiger partial charge in [-0.15, -0.1) is 11.3 Å². The van der Waals surface area contributed by atoms with Gasteiger partial charge in [0.15, 0.2) is 0 Å². The number of anilines is 1. The molecule has 0 saturated heterocycles. The van der Waals surface area contributed by atoms with Crippen LogP contribution in [0.1, 0.15) is 15.4 Å². The van der Waals surface area contributed by atoms with Gasteiger partial charge in [-0.1, -0.05) is 12.1 Å². The maximum Gasteiger partial charge on any atom is 0.267 e. The van der Waals surface area contributed by atoms with Gasteiger partial charge in [-0.3, -0.25) is 9.78 Å². The largest absolute Gasteiger partial charge is 0.316 e. The van der Waals surface area contributed by atoms with E-state index in [1.807, 2.05) is 6.07 Å². The van der Waals surface area contributed by atoms with Crippen molar-refractivity contribution in [2.75, 3.05) is 5.32 Å². The number of aromatic nitrogens is 2. The summed E-state index contributed by atoms with van der Waals surface area (Å²) >= 11 is 1.12. The van der Waals surface area contributed by atoms with E-state index in [1.54, 1.807) is 25.3 Å². The molecule has 3 rings (SSSR count). The number of hydrogen-bond donors (Lipinski definition) is 1. The topological polar surface area (TPSA) is 54.9 Å². The third-order valence-corrected chi connectivity index (χ3v) is 4.27. The fourth-order valence-electron chi connectivity index (χ4n) is 1.99. The number of nitrogens with zero attached hydrogens (tertiary/aromatic N) is 2. The first-order valence-corrected chi connectivity index (χ1v) is 7.52. The predicted molar refractivity (Wildman–Crippen MR) is 84.4 cm³/mol. The Morgan fingerprint density at radius 3 is 2.52 bits per heavy atom. The average Bonchev–Trinajstić information content (AvgIpc) is 2.94. The van der Waals surface area contributed by atoms with Crippen LogP contribution in [0.15, 0.2) is 42.6 Å². The molecule has 23 heavy (non-hydrogen) atoms. The Labute approximate surface area is 134 Å². The highest BCUT2D eigenvalue weighted by molar-refractivity contribution is 7.17. The summed E-state index contributed by atoms with van der Waals surface area (Å²) in [6.07, 6.45) is 1.63. The summed E-state index contributed by atoms with van der Waals surface area (Å²) in [7, 11) is 0. The fraction of sp³-hybridized carbons (Fsp3) is 0.0625. The van der Waals surface area contributed by atoms with Crippen molar-refractivity contribution in [1.29, 1.82) is 0 Å². The Morgan fingerprint density at radius 2 is 1.87 bits per heavy atom. The van der Waals surface area contributed by atoms with E-state index in [9.17, 15) is 13.6 Å². The first-order valence-electron chi connectivity index (χ1n) is 6.70. The van der Waals surface area contributed by atoms with Crippen molar-refractivity contribution in [2.24, 2.45) is 0 Å². The van der Waals surface area contributed by atoms with Crippen molar-refractivity contribution in [2.45, 2.75) is 6.92 Å². The number of hydrogen-bond acceptors (Lipinski definition) is 4. The number of para-hydroxylation sites is 1. The Hall–Kier alpha value is -2.67. The molecule has 0 aliphatic carbocycles. The van der Waals surface area contributed by atoms with Gasteiger partial charge in [0.2, 0.25) is 0 Å². The molecule has 1 amide bonds. The molecule has 2 aromatic heterocycles. The van der Waals surface area contributed by atoms with Crippen LogP contribution in [0.4, 0.5) is 14.5 Å². The number of rotatable bonds is 3. The number of aryl methyl sites for hydroxylation is 1. The lowest BCUT2D eigenvalue weighted by Crippen LogP contribution is -2.14. The molecule has 7 heteroatoms. The number of amides is 1. The molecular weight excluding hydrogens is 320 g/mol. The number of nitrogens with one attached hydrogen (secondary N) is 1. The predicted octanol–water partition coefficient (Wildman–Crippen LogP) is 4.04. The summed E-state index contributed by atoms with van der Waals surface area (Å²) in [5, 5.41) is 2.83. The Bertz CT molecular complexity index is 845. The van der Waals surface area contributed by atoms with E-state index in [2.05, 4.69) is 15.3 Å². The lowest BCUT2D eigenvalue weighted by atomic mass is 10.2. The smallest absolute Gasteiger partial charge is 0.267 e. The minimum absolute atomic E-state index is 0.285. The molecule has 1 aromatic carbocycles. The van der Waals surface area contributed by atoms with Crippen molar-refractivity contribution in [1.82, 2.24) is 9.97 Å². The molecule has 0 spiro atoms. The normalized spacial score (nSPS) is 10.6. The SMILES string of the molecule is Cc1nc(-c2ccccn2)sc1C(=O)Nc1c(F)cccc1F. The van der Waals surface area contributed by atoms with E-state index in [0.29, 0.717) is 16.4 Å². The number of carbonyl (C=O) groups is 1. The lowest BCUT2D eigenvalue weighted by molar-refractivity contribution is 0.102. The summed E-state index contributed by atoms with van der Waals surface area (Å²) in [6.45, 7) is 1.66. The molecule has 2 heterocycles. The van der Waals surface area contributed by atoms with Crippen molar-refractivity contribution >= 4 is 22.9 Å². The first-order chi connectivity index (χ1) is 11.1. The van der Waals surface area contributed by atoms with Crippen LogP contribution >= 0.6 is 11.3 Å². The molecule has 0 aliphatic heterocycles. The van der Waals surface area contributed by atoms with Gasteiger partial charge in [0.25, 0.3) is 5.91 Å². The zero-order valence-electron chi connectivity index (χ0n) is 12.0. The van der Waals surface area contributed by atoms with Gasteiger partial charge in [0.05, 0.1) is 11.4 Å². The van der Waals surface area contributed by atoms with Crippen molar-refractivity contribution in [3.63, 3.8) is 0 Å². The first kappa shape index (κ1) is 15.2. The molecule has 0 saturated carbocycles. The molecular formula is C16H11F2N3OS. The van der Waals surface area contributed by atoms with Crippen LogP contribution < -0.4 is 5.32 Å². The molecule has 4 nitrogen and oxygen atoms in total. The highest BCUT2D eigenvalue weighted by Gasteiger charge is 2.19. The van der Waals surface area contributed by atoms with Crippen molar-refractivity contribution in [3.8, 4) is 10.7 Å². The van der Waals surface area contributed by atoms with Crippen molar-refractivity contribution in [3.05, 3.63) is 64.8 Å². The van der Waals surface area contributed by atoms with Gasteiger partial charge < -0.3 is 5.32 Å². The third-order valence-electron chi connectivity index (χ3n) is 3.09. The Balaban J connectivity index is 1.90. The number of pyridine rings is 1. The zero-order chi connectivity index (χ0) is 16.4. The van der Waals surface area contributed by atoms with E-state index >= 15 is 0 Å². The monoisotopic (exact) mass is 331 g/mol. The lowest BCUT2D eigenvalue weighted by Gasteiger charge is -2.06. The van der Waals surface area contributed by atoms with Gasteiger partial charge >= 0.3 is 0 Å². The molecule has 0 unspecified atom stereocenters. The van der Waals surface area contributed by atoms with Crippen LogP contribution in [0.5, 0.6) is 0 Å². The summed E-state index contributed by atoms with van der Waals surface area (Å²) in [4.78, 5) is 21.0. The van der Waals surface area contributed by atoms with Crippen LogP contribution in [0.3, 0.4) is 0 Å². The Kier molecular flexibility index (Phi) is 4.12. The van der Waals surface area contributed by atoms with Crippen LogP contribution in [0.2, 0.25) is 0 Å². The maximum absolute atomic E-state index is 13.6. The summed E-state index contributed by atoms with van der Waals surface area (Å²) in [6, 6.07) is 8.76. The second-order valence-corrected chi connectivity index (χ2v) is 5.70. The highest BCUT2D eigenvalue weighted by atomic mass is 32.1. The molecule has 0 radical (unpaired) electrons. The van der Waals surface area contributed by atoms with Gasteiger partial charge in [-0.25, -0.2) is 13.8 Å². The molecule has 1 N–H and O–H groups in total. The van der Waals surface area contributed by atoms with Crippen LogP contribution in [-0.2, 0) is 0 Å². The van der Waals surface area contributed by atoms with Gasteiger partial charge in [-0.2, -0.15) is 0 Å². The number of carbonyl (C=O) groups excluding carboxylic acids is 1. The minimum atomic E-state index is -0.828. The van der Waals surface area contributed by atoms with E-state index in [1.165, 1.54) is 6.07 Å². The van der Waals surface area contributed by atoms with E-state index in [0.717, 1.165) is 23.5 Å². The number of benzene rings is 1. The number of halogens is 2. The second kappa shape index (κ2) is 6.21. The standard InChI is InChI=1S/C16H11F2N3OS/c1-9-14(23-16(20-9)12-7-2-3-8-19-12)15(22)21-13-10(17)5-4-6-11(13)18/h2-8H,1H3,(H,21,22). The molecule has 116 valence electrons. The van der Waals surface area contributed by atoms with Crippen molar-refractivity contribution < 1.29 is 13.6 Å². The van der Waals surface area contributed by atoms with Crippen LogP contribution in [0, 0.1) is 18.6 Å². The summed E-state index contributed by atoms with van der Waals surface area (Å²) in [5.41, 5.74) is 0.645. The number of thiazole rings is 1. The molecule has 0 bridgehead atoms. The molecule has 3 aromatic rings. The summed E-state index contributed by atoms with van der Waals surface area (Å²) in [5.74, 6) is -2.26. The maximum atomic E-state index is 13.6. The average molecular weight is 331 g/mol. The fourth-order valence-corrected chi connectivity index (χ4v) is 2.93. The van der Waals surface area contributed by atoms with Gasteiger partial charge in [0, 0.05) is 6.20 Å². The van der Waals surface area contributed by atoms with E-state index < -0.39 is 23.2 Å². The van der Waals surface area contributed by atoms with Crippen LogP contribution in [0.25, 0.3) is 10.7 Å². The van der Waals surface area contributed by atoms with E-state index in [-0.39, 0.29) is 4.88 Å². The summed E-state index contributed by atoms with van der Waals surface area (Å²) < 4.78 is 27.2. The van der Waals surface area contributed by atoms with Crippen LogP contribution in [-0.4, -0.2) is 15.9 Å². The zero-order valence-corrected chi connectivity index (χ0v) is 12.8. The van der Waals surface area contributed by atoms with Gasteiger partial charge in [0.1, 0.15) is 27.2 Å². The molecule has 0 aliphatic rings. The van der Waals surface area contributed by atoms with Gasteiger partial charge in [-0.05, 0) is 31.2 Å². The highest BCUT2D eigenvalue weighted by Crippen LogP contribution is 2.28. The quantitative estimate of drug-likeness (QED) is 0.788. The Morgan fingerprint density at radius 1 is 1.13 bits per heavy atom. The molecule has 0 fully saturated rings.